The number of nitrogens with one attached hydrogen (secondary N) is 1. The van der Waals surface area contributed by atoms with Crippen LogP contribution < -0.4 is 5.32 Å². The molecule has 0 aromatic carbocycles. The van der Waals surface area contributed by atoms with Crippen molar-refractivity contribution in [3.05, 3.63) is 0 Å². The van der Waals surface area contributed by atoms with Crippen LogP contribution in [-0.4, -0.2) is 48.8 Å². The lowest BCUT2D eigenvalue weighted by Crippen LogP contribution is -2.38. The number of ether oxygens (including phenoxy) is 1. The Morgan fingerprint density at radius 3 is 2.83 bits per heavy atom. The second-order valence-corrected chi connectivity index (χ2v) is 6.48. The molecule has 1 saturated carbocycles. The second-order valence-electron chi connectivity index (χ2n) is 6.48. The molecule has 4 atom stereocenters. The molecule has 4 unspecified atom stereocenters. The van der Waals surface area contributed by atoms with Gasteiger partial charge in [0.15, 0.2) is 0 Å². The third-order valence-corrected chi connectivity index (χ3v) is 5.06. The lowest BCUT2D eigenvalue weighted by Gasteiger charge is -2.21. The first-order valence-electron chi connectivity index (χ1n) is 7.88. The van der Waals surface area contributed by atoms with Crippen molar-refractivity contribution in [1.82, 2.24) is 10.2 Å². The van der Waals surface area contributed by atoms with E-state index in [-0.39, 0.29) is 0 Å². The van der Waals surface area contributed by atoms with Crippen LogP contribution in [0.5, 0.6) is 0 Å². The predicted molar refractivity (Wildman–Crippen MR) is 73.7 cm³/mol. The summed E-state index contributed by atoms with van der Waals surface area (Å²) >= 11 is 0. The van der Waals surface area contributed by atoms with Gasteiger partial charge in [0.05, 0.1) is 6.10 Å². The first-order valence-corrected chi connectivity index (χ1v) is 7.88. The summed E-state index contributed by atoms with van der Waals surface area (Å²) in [6, 6.07) is 2.43. The molecule has 3 fully saturated rings. The SMILES string of the molecule is CCC1OCCC1CNC1CC(C)N(C2CC2)C1. The van der Waals surface area contributed by atoms with Crippen LogP contribution in [0.1, 0.15) is 46.0 Å². The molecule has 3 aliphatic rings. The Bertz CT molecular complexity index is 280. The van der Waals surface area contributed by atoms with Gasteiger partial charge < -0.3 is 10.1 Å². The zero-order valence-corrected chi connectivity index (χ0v) is 11.9. The topological polar surface area (TPSA) is 24.5 Å². The largest absolute Gasteiger partial charge is 0.378 e. The van der Waals surface area contributed by atoms with E-state index in [9.17, 15) is 0 Å². The van der Waals surface area contributed by atoms with Gasteiger partial charge in [-0.1, -0.05) is 6.92 Å². The molecule has 18 heavy (non-hydrogen) atoms. The van der Waals surface area contributed by atoms with E-state index < -0.39 is 0 Å². The second kappa shape index (κ2) is 5.48. The maximum absolute atomic E-state index is 5.77. The summed E-state index contributed by atoms with van der Waals surface area (Å²) in [7, 11) is 0. The van der Waals surface area contributed by atoms with Gasteiger partial charge in [-0.05, 0) is 44.9 Å². The summed E-state index contributed by atoms with van der Waals surface area (Å²) in [4.78, 5) is 2.72. The highest BCUT2D eigenvalue weighted by Crippen LogP contribution is 2.33. The van der Waals surface area contributed by atoms with Crippen molar-refractivity contribution in [2.24, 2.45) is 5.92 Å². The van der Waals surface area contributed by atoms with E-state index in [2.05, 4.69) is 24.1 Å². The van der Waals surface area contributed by atoms with E-state index in [1.165, 1.54) is 38.6 Å². The van der Waals surface area contributed by atoms with E-state index >= 15 is 0 Å². The number of hydrogen-bond donors (Lipinski definition) is 1. The van der Waals surface area contributed by atoms with Crippen LogP contribution in [-0.2, 0) is 4.74 Å². The summed E-state index contributed by atoms with van der Waals surface area (Å²) in [5, 5.41) is 3.81. The molecule has 3 rings (SSSR count). The molecule has 1 N–H and O–H groups in total. The first kappa shape index (κ1) is 12.9. The van der Waals surface area contributed by atoms with E-state index in [0.29, 0.717) is 6.10 Å². The van der Waals surface area contributed by atoms with Crippen molar-refractivity contribution in [3.8, 4) is 0 Å². The summed E-state index contributed by atoms with van der Waals surface area (Å²) in [5.41, 5.74) is 0. The zero-order chi connectivity index (χ0) is 12.5. The van der Waals surface area contributed by atoms with Crippen molar-refractivity contribution in [2.45, 2.75) is 70.2 Å². The van der Waals surface area contributed by atoms with Gasteiger partial charge in [0.1, 0.15) is 0 Å². The Morgan fingerprint density at radius 1 is 1.28 bits per heavy atom. The van der Waals surface area contributed by atoms with E-state index in [1.54, 1.807) is 0 Å². The first-order chi connectivity index (χ1) is 8.78. The zero-order valence-electron chi connectivity index (χ0n) is 11.9. The minimum atomic E-state index is 0.510. The molecule has 0 bridgehead atoms. The van der Waals surface area contributed by atoms with Crippen LogP contribution in [0.25, 0.3) is 0 Å². The fraction of sp³-hybridized carbons (Fsp3) is 1.00. The maximum atomic E-state index is 5.77. The van der Waals surface area contributed by atoms with E-state index in [1.807, 2.05) is 0 Å². The molecular weight excluding hydrogens is 224 g/mol. The number of hydrogen-bond acceptors (Lipinski definition) is 3. The molecule has 0 aromatic rings. The van der Waals surface area contributed by atoms with Crippen LogP contribution in [0.4, 0.5) is 0 Å². The predicted octanol–water partition coefficient (Wildman–Crippen LogP) is 2.02. The lowest BCUT2D eigenvalue weighted by molar-refractivity contribution is 0.0866. The van der Waals surface area contributed by atoms with Gasteiger partial charge in [0.25, 0.3) is 0 Å². The molecule has 104 valence electrons. The fourth-order valence-corrected chi connectivity index (χ4v) is 3.81. The summed E-state index contributed by atoms with van der Waals surface area (Å²) < 4.78 is 5.77. The van der Waals surface area contributed by atoms with Crippen molar-refractivity contribution in [3.63, 3.8) is 0 Å². The quantitative estimate of drug-likeness (QED) is 0.810. The van der Waals surface area contributed by atoms with E-state index in [0.717, 1.165) is 37.2 Å². The van der Waals surface area contributed by atoms with Crippen molar-refractivity contribution in [2.75, 3.05) is 19.7 Å². The Morgan fingerprint density at radius 2 is 2.11 bits per heavy atom. The van der Waals surface area contributed by atoms with Crippen LogP contribution >= 0.6 is 0 Å². The molecular formula is C15H28N2O. The molecule has 3 nitrogen and oxygen atoms in total. The molecule has 0 radical (unpaired) electrons. The molecule has 2 aliphatic heterocycles. The van der Waals surface area contributed by atoms with Crippen molar-refractivity contribution >= 4 is 0 Å². The minimum absolute atomic E-state index is 0.510. The maximum Gasteiger partial charge on any atom is 0.0613 e. The Hall–Kier alpha value is -0.120. The van der Waals surface area contributed by atoms with Gasteiger partial charge in [0.2, 0.25) is 0 Å². The van der Waals surface area contributed by atoms with Crippen molar-refractivity contribution in [1.29, 1.82) is 0 Å². The smallest absolute Gasteiger partial charge is 0.0613 e. The molecule has 0 amide bonds. The molecule has 0 spiro atoms. The summed E-state index contributed by atoms with van der Waals surface area (Å²) in [5.74, 6) is 0.750. The standard InChI is InChI=1S/C15H28N2O/c1-3-15-12(6-7-18-15)9-16-13-8-11(2)17(10-13)14-4-5-14/h11-16H,3-10H2,1-2H3. The number of nitrogens with zero attached hydrogens (tertiary/aromatic N) is 1. The molecule has 1 aliphatic carbocycles. The lowest BCUT2D eigenvalue weighted by atomic mass is 9.99. The highest BCUT2D eigenvalue weighted by atomic mass is 16.5. The van der Waals surface area contributed by atoms with Gasteiger partial charge in [-0.3, -0.25) is 4.90 Å². The van der Waals surface area contributed by atoms with Crippen LogP contribution in [0, 0.1) is 5.92 Å². The minimum Gasteiger partial charge on any atom is -0.378 e. The average molecular weight is 252 g/mol. The summed E-state index contributed by atoms with van der Waals surface area (Å²) in [6.45, 7) is 8.05. The van der Waals surface area contributed by atoms with E-state index in [4.69, 9.17) is 4.74 Å². The number of likely N-dealkylation sites (tertiary alicyclic amines) is 1. The van der Waals surface area contributed by atoms with Gasteiger partial charge >= 0.3 is 0 Å². The highest BCUT2D eigenvalue weighted by molar-refractivity contribution is 4.96. The van der Waals surface area contributed by atoms with Crippen molar-refractivity contribution < 1.29 is 4.74 Å². The number of rotatable bonds is 5. The Labute approximate surface area is 111 Å². The van der Waals surface area contributed by atoms with Gasteiger partial charge in [-0.25, -0.2) is 0 Å². The molecule has 2 saturated heterocycles. The Kier molecular flexibility index (Phi) is 3.92. The van der Waals surface area contributed by atoms with Crippen LogP contribution in [0.15, 0.2) is 0 Å². The normalized spacial score (nSPS) is 41.7. The van der Waals surface area contributed by atoms with Crippen LogP contribution in [0.3, 0.4) is 0 Å². The third-order valence-electron chi connectivity index (χ3n) is 5.06. The molecule has 2 heterocycles. The van der Waals surface area contributed by atoms with Crippen LogP contribution in [0.2, 0.25) is 0 Å². The van der Waals surface area contributed by atoms with Gasteiger partial charge in [-0.15, -0.1) is 0 Å². The van der Waals surface area contributed by atoms with Gasteiger partial charge in [0, 0.05) is 37.8 Å². The third kappa shape index (κ3) is 2.73. The summed E-state index contributed by atoms with van der Waals surface area (Å²) in [6.07, 6.45) is 7.13. The highest BCUT2D eigenvalue weighted by Gasteiger charge is 2.39. The van der Waals surface area contributed by atoms with Gasteiger partial charge in [-0.2, -0.15) is 0 Å². The average Bonchev–Trinajstić information content (AvgIpc) is 2.99. The fourth-order valence-electron chi connectivity index (χ4n) is 3.81. The monoisotopic (exact) mass is 252 g/mol. The Balaban J connectivity index is 1.43. The molecule has 3 heteroatoms. The molecule has 0 aromatic heterocycles.